The van der Waals surface area contributed by atoms with Gasteiger partial charge in [0.1, 0.15) is 0 Å². The minimum atomic E-state index is 0. The number of hydrogen-bond donors (Lipinski definition) is 1. The number of rotatable bonds is 1. The number of hydrogen-bond acceptors (Lipinski definition) is 1. The maximum atomic E-state index is 7.00. The Balaban J connectivity index is 0. The van der Waals surface area contributed by atoms with Crippen LogP contribution in [-0.2, 0) is 5.41 Å². The van der Waals surface area contributed by atoms with Crippen molar-refractivity contribution in [2.24, 2.45) is 0 Å². The molecule has 2 nitrogen and oxygen atoms in total. The van der Waals surface area contributed by atoms with Crippen LogP contribution in [0.15, 0.2) is 24.3 Å². The minimum absolute atomic E-state index is 0. The maximum absolute atomic E-state index is 7.00. The average Bonchev–Trinajstić information content (AvgIpc) is 2.84. The summed E-state index contributed by atoms with van der Waals surface area (Å²) in [5, 5.41) is 7.00. The molecule has 0 amide bonds. The van der Waals surface area contributed by atoms with Crippen LogP contribution in [0.4, 0.5) is 0 Å². The van der Waals surface area contributed by atoms with Gasteiger partial charge in [0.15, 0.2) is 0 Å². The molecule has 0 aromatic heterocycles. The summed E-state index contributed by atoms with van der Waals surface area (Å²) < 4.78 is 0. The van der Waals surface area contributed by atoms with Gasteiger partial charge in [-0.1, -0.05) is 57.9 Å². The van der Waals surface area contributed by atoms with E-state index >= 15 is 0 Å². The molecule has 108 valence electrons. The molecule has 0 spiro atoms. The zero-order valence-electron chi connectivity index (χ0n) is 12.7. The molecule has 3 N–H and O–H groups in total. The van der Waals surface area contributed by atoms with E-state index in [1.54, 1.807) is 5.56 Å². The van der Waals surface area contributed by atoms with Gasteiger partial charge >= 0.3 is 0 Å². The van der Waals surface area contributed by atoms with Crippen LogP contribution < -0.4 is 0 Å². The van der Waals surface area contributed by atoms with Gasteiger partial charge in [0, 0.05) is 38.2 Å². The van der Waals surface area contributed by atoms with Crippen LogP contribution in [-0.4, -0.2) is 17.7 Å². The average molecular weight is 490 g/mol. The second kappa shape index (κ2) is 10.00. The van der Waals surface area contributed by atoms with Gasteiger partial charge in [0.25, 0.3) is 0 Å². The van der Waals surface area contributed by atoms with Crippen molar-refractivity contribution in [1.29, 1.82) is 0 Å². The Kier molecular flexibility index (Phi) is 11.3. The first kappa shape index (κ1) is 21.5. The zero-order valence-corrected chi connectivity index (χ0v) is 16.8. The van der Waals surface area contributed by atoms with Crippen molar-refractivity contribution in [3.63, 3.8) is 0 Å². The van der Waals surface area contributed by atoms with Gasteiger partial charge < -0.3 is 10.6 Å². The Labute approximate surface area is 141 Å². The summed E-state index contributed by atoms with van der Waals surface area (Å²) in [6, 6.07) is 9.31. The van der Waals surface area contributed by atoms with Crippen LogP contribution in [0.25, 0.3) is 0 Å². The monoisotopic (exact) mass is 490 g/mol. The topological polar surface area (TPSA) is 51.7 Å². The second-order valence-corrected chi connectivity index (χ2v) is 5.85. The van der Waals surface area contributed by atoms with E-state index in [2.05, 4.69) is 45.0 Å². The summed E-state index contributed by atoms with van der Waals surface area (Å²) in [4.78, 5) is 0. The van der Waals surface area contributed by atoms with E-state index < -0.39 is 0 Å². The molecule has 0 aliphatic heterocycles. The SMILES string of the molecule is CC(C)(C)c1ccc(C2CCCC2)cc1.CO.O.[U]. The molecule has 0 radical (unpaired) electrons. The molecule has 19 heavy (non-hydrogen) atoms. The van der Waals surface area contributed by atoms with Crippen molar-refractivity contribution in [1.82, 2.24) is 0 Å². The Morgan fingerprint density at radius 2 is 1.37 bits per heavy atom. The van der Waals surface area contributed by atoms with Crippen LogP contribution in [0.5, 0.6) is 0 Å². The van der Waals surface area contributed by atoms with Crippen molar-refractivity contribution in [2.75, 3.05) is 7.11 Å². The molecule has 1 aromatic carbocycles. The van der Waals surface area contributed by atoms with Crippen LogP contribution in [0.3, 0.4) is 0 Å². The Bertz CT molecular complexity index is 322. The molecule has 1 aliphatic rings. The molecule has 1 fully saturated rings. The second-order valence-electron chi connectivity index (χ2n) is 5.85. The van der Waals surface area contributed by atoms with Gasteiger partial charge in [0.05, 0.1) is 0 Å². The van der Waals surface area contributed by atoms with Gasteiger partial charge in [-0.05, 0) is 35.3 Å². The zero-order chi connectivity index (χ0) is 12.9. The number of aliphatic hydroxyl groups excluding tert-OH is 1. The molecule has 0 atom stereocenters. The molecule has 0 saturated heterocycles. The summed E-state index contributed by atoms with van der Waals surface area (Å²) in [7, 11) is 1.00. The quantitative estimate of drug-likeness (QED) is 0.645. The van der Waals surface area contributed by atoms with E-state index in [0.717, 1.165) is 13.0 Å². The molecular weight excluding hydrogens is 462 g/mol. The summed E-state index contributed by atoms with van der Waals surface area (Å²) in [6.45, 7) is 6.83. The van der Waals surface area contributed by atoms with Gasteiger partial charge in [-0.15, -0.1) is 0 Å². The summed E-state index contributed by atoms with van der Waals surface area (Å²) >= 11 is 0. The third-order valence-corrected chi connectivity index (χ3v) is 3.60. The number of benzene rings is 1. The summed E-state index contributed by atoms with van der Waals surface area (Å²) in [6.07, 6.45) is 5.64. The first-order valence-electron chi connectivity index (χ1n) is 6.62. The first-order chi connectivity index (χ1) is 8.07. The third kappa shape index (κ3) is 6.45. The fourth-order valence-corrected chi connectivity index (χ4v) is 2.51. The predicted molar refractivity (Wildman–Crippen MR) is 78.1 cm³/mol. The summed E-state index contributed by atoms with van der Waals surface area (Å²) in [5.41, 5.74) is 3.29. The van der Waals surface area contributed by atoms with E-state index in [4.69, 9.17) is 5.11 Å². The molecule has 1 aliphatic carbocycles. The molecule has 0 heterocycles. The summed E-state index contributed by atoms with van der Waals surface area (Å²) in [5.74, 6) is 0.846. The van der Waals surface area contributed by atoms with E-state index in [1.165, 1.54) is 31.2 Å². The fraction of sp³-hybridized carbons (Fsp3) is 0.625. The molecular formula is C16H28O2U. The Morgan fingerprint density at radius 3 is 1.74 bits per heavy atom. The van der Waals surface area contributed by atoms with Gasteiger partial charge in [-0.3, -0.25) is 0 Å². The van der Waals surface area contributed by atoms with Gasteiger partial charge in [0.2, 0.25) is 0 Å². The van der Waals surface area contributed by atoms with Crippen molar-refractivity contribution in [3.8, 4) is 0 Å². The molecule has 2 rings (SSSR count). The van der Waals surface area contributed by atoms with Crippen LogP contribution in [0.2, 0.25) is 0 Å². The van der Waals surface area contributed by atoms with E-state index in [1.807, 2.05) is 0 Å². The molecule has 1 saturated carbocycles. The van der Waals surface area contributed by atoms with Crippen molar-refractivity contribution < 1.29 is 41.7 Å². The predicted octanol–water partition coefficient (Wildman–Crippen LogP) is 3.43. The van der Waals surface area contributed by atoms with E-state index in [0.29, 0.717) is 0 Å². The van der Waals surface area contributed by atoms with E-state index in [-0.39, 0.29) is 42.0 Å². The van der Waals surface area contributed by atoms with E-state index in [9.17, 15) is 0 Å². The minimum Gasteiger partial charge on any atom is -0.412 e. The van der Waals surface area contributed by atoms with Crippen LogP contribution >= 0.6 is 0 Å². The first-order valence-corrected chi connectivity index (χ1v) is 6.62. The number of aliphatic hydroxyl groups is 1. The molecule has 3 heteroatoms. The third-order valence-electron chi connectivity index (χ3n) is 3.60. The normalized spacial score (nSPS) is 14.8. The molecule has 0 bridgehead atoms. The van der Waals surface area contributed by atoms with Crippen LogP contribution in [0, 0.1) is 31.1 Å². The standard InChI is InChI=1S/C15H22.CH4O.H2O.U/c1-15(2,3)14-10-8-13(9-11-14)12-6-4-5-7-12;1-2;;/h8-12H,4-7H2,1-3H3;2H,1H3;1H2;. The Morgan fingerprint density at radius 1 is 0.947 bits per heavy atom. The molecule has 0 unspecified atom stereocenters. The van der Waals surface area contributed by atoms with Gasteiger partial charge in [-0.25, -0.2) is 0 Å². The van der Waals surface area contributed by atoms with Crippen molar-refractivity contribution in [3.05, 3.63) is 35.4 Å². The van der Waals surface area contributed by atoms with Crippen molar-refractivity contribution in [2.45, 2.75) is 57.8 Å². The van der Waals surface area contributed by atoms with Crippen molar-refractivity contribution >= 4 is 0 Å². The maximum Gasteiger partial charge on any atom is 0.0319 e. The smallest absolute Gasteiger partial charge is 0.0319 e. The molecule has 1 aromatic rings. The van der Waals surface area contributed by atoms with Gasteiger partial charge in [-0.2, -0.15) is 0 Å². The largest absolute Gasteiger partial charge is 0.412 e. The van der Waals surface area contributed by atoms with Crippen LogP contribution in [0.1, 0.15) is 63.5 Å². The Hall–Kier alpha value is 0.192. The fourth-order valence-electron chi connectivity index (χ4n) is 2.51.